The lowest BCUT2D eigenvalue weighted by molar-refractivity contribution is -0.0329. The molecule has 0 saturated heterocycles. The van der Waals surface area contributed by atoms with Crippen molar-refractivity contribution in [3.05, 3.63) is 28.2 Å². The lowest BCUT2D eigenvalue weighted by Gasteiger charge is -2.10. The molecule has 17 heavy (non-hydrogen) atoms. The van der Waals surface area contributed by atoms with Crippen molar-refractivity contribution in [3.8, 4) is 5.75 Å². The summed E-state index contributed by atoms with van der Waals surface area (Å²) in [4.78, 5) is 0. The van der Waals surface area contributed by atoms with Crippen molar-refractivity contribution in [2.75, 3.05) is 12.4 Å². The zero-order valence-electron chi connectivity index (χ0n) is 8.56. The molecular formula is C10H9Br2F3OS. The number of ether oxygens (including phenoxy) is 1. The third kappa shape index (κ3) is 6.01. The lowest BCUT2D eigenvalue weighted by atomic mass is 10.2. The maximum absolute atomic E-state index is 11.9. The molecule has 0 saturated carbocycles. The van der Waals surface area contributed by atoms with Crippen molar-refractivity contribution in [1.29, 1.82) is 0 Å². The second-order valence-electron chi connectivity index (χ2n) is 3.04. The van der Waals surface area contributed by atoms with Crippen LogP contribution in [0.2, 0.25) is 0 Å². The number of halogens is 5. The zero-order valence-corrected chi connectivity index (χ0v) is 12.5. The van der Waals surface area contributed by atoms with E-state index in [0.29, 0.717) is 5.75 Å². The molecule has 0 aliphatic carbocycles. The summed E-state index contributed by atoms with van der Waals surface area (Å²) in [7, 11) is 0. The Morgan fingerprint density at radius 3 is 2.53 bits per heavy atom. The first kappa shape index (κ1) is 15.2. The van der Waals surface area contributed by atoms with E-state index in [1.165, 1.54) is 0 Å². The summed E-state index contributed by atoms with van der Waals surface area (Å²) in [5.41, 5.74) is -3.13. The number of rotatable bonds is 5. The summed E-state index contributed by atoms with van der Waals surface area (Å²) < 4.78 is 41.5. The molecule has 0 heterocycles. The van der Waals surface area contributed by atoms with Crippen LogP contribution in [0, 0.1) is 0 Å². The summed E-state index contributed by atoms with van der Waals surface area (Å²) in [6.07, 6.45) is 0. The molecule has 0 N–H and O–H groups in total. The molecule has 0 spiro atoms. The molecule has 0 amide bonds. The van der Waals surface area contributed by atoms with Gasteiger partial charge in [-0.2, -0.15) is 13.2 Å². The van der Waals surface area contributed by atoms with E-state index in [1.807, 2.05) is 12.1 Å². The molecule has 0 radical (unpaired) electrons. The van der Waals surface area contributed by atoms with E-state index >= 15 is 0 Å². The maximum atomic E-state index is 11.9. The highest BCUT2D eigenvalue weighted by Crippen LogP contribution is 2.31. The van der Waals surface area contributed by atoms with Crippen LogP contribution in [0.1, 0.15) is 5.56 Å². The molecule has 0 fully saturated rings. The van der Waals surface area contributed by atoms with Gasteiger partial charge in [-0.3, -0.25) is 0 Å². The van der Waals surface area contributed by atoms with Gasteiger partial charge in [0.15, 0.2) is 0 Å². The fraction of sp³-hybridized carbons (Fsp3) is 0.400. The average Bonchev–Trinajstić information content (AvgIpc) is 2.24. The van der Waals surface area contributed by atoms with Gasteiger partial charge in [-0.25, -0.2) is 0 Å². The predicted molar refractivity (Wildman–Crippen MR) is 70.8 cm³/mol. The monoisotopic (exact) mass is 392 g/mol. The van der Waals surface area contributed by atoms with E-state index < -0.39 is 5.51 Å². The highest BCUT2D eigenvalue weighted by Gasteiger charge is 2.27. The van der Waals surface area contributed by atoms with Gasteiger partial charge in [0.1, 0.15) is 5.75 Å². The molecule has 0 aromatic heterocycles. The van der Waals surface area contributed by atoms with Crippen LogP contribution in [0.25, 0.3) is 0 Å². The minimum atomic E-state index is -4.19. The van der Waals surface area contributed by atoms with Crippen LogP contribution in [0.5, 0.6) is 5.75 Å². The van der Waals surface area contributed by atoms with Crippen molar-refractivity contribution in [3.63, 3.8) is 0 Å². The van der Waals surface area contributed by atoms with Gasteiger partial charge in [-0.1, -0.05) is 22.0 Å². The summed E-state index contributed by atoms with van der Waals surface area (Å²) in [5.74, 6) is 0.438. The number of thioether (sulfide) groups is 1. The Balaban J connectivity index is 2.42. The summed E-state index contributed by atoms with van der Waals surface area (Å²) in [5, 5.41) is 0.718. The minimum Gasteiger partial charge on any atom is -0.492 e. The van der Waals surface area contributed by atoms with Gasteiger partial charge in [-0.05, 0) is 45.4 Å². The van der Waals surface area contributed by atoms with Crippen LogP contribution in [-0.4, -0.2) is 17.9 Å². The normalized spacial score (nSPS) is 11.6. The van der Waals surface area contributed by atoms with Crippen LogP contribution in [-0.2, 0) is 5.33 Å². The van der Waals surface area contributed by atoms with Crippen LogP contribution >= 0.6 is 43.6 Å². The van der Waals surface area contributed by atoms with Crippen molar-refractivity contribution in [1.82, 2.24) is 0 Å². The van der Waals surface area contributed by atoms with Crippen LogP contribution < -0.4 is 4.74 Å². The first-order valence-electron chi connectivity index (χ1n) is 4.60. The van der Waals surface area contributed by atoms with E-state index in [1.54, 1.807) is 6.07 Å². The molecule has 0 atom stereocenters. The summed E-state index contributed by atoms with van der Waals surface area (Å²) >= 11 is 6.54. The largest absolute Gasteiger partial charge is 0.492 e. The van der Waals surface area contributed by atoms with Gasteiger partial charge in [0, 0.05) is 11.1 Å². The van der Waals surface area contributed by atoms with Gasteiger partial charge >= 0.3 is 5.51 Å². The van der Waals surface area contributed by atoms with Crippen LogP contribution in [0.15, 0.2) is 22.7 Å². The Labute approximate surface area is 118 Å². The van der Waals surface area contributed by atoms with Gasteiger partial charge in [0.25, 0.3) is 0 Å². The first-order chi connectivity index (χ1) is 7.92. The Kier molecular flexibility index (Phi) is 6.16. The quantitative estimate of drug-likeness (QED) is 0.515. The van der Waals surface area contributed by atoms with E-state index in [-0.39, 0.29) is 24.1 Å². The fourth-order valence-corrected chi connectivity index (χ4v) is 2.34. The molecular weight excluding hydrogens is 385 g/mol. The zero-order chi connectivity index (χ0) is 12.9. The summed E-state index contributed by atoms with van der Waals surface area (Å²) in [6.45, 7) is 0.0242. The lowest BCUT2D eigenvalue weighted by Crippen LogP contribution is -2.07. The van der Waals surface area contributed by atoms with Gasteiger partial charge in [-0.15, -0.1) is 0 Å². The molecule has 1 aromatic rings. The number of benzene rings is 1. The topological polar surface area (TPSA) is 9.23 Å². The average molecular weight is 394 g/mol. The van der Waals surface area contributed by atoms with Crippen LogP contribution in [0.3, 0.4) is 0 Å². The fourth-order valence-electron chi connectivity index (χ4n) is 1.05. The van der Waals surface area contributed by atoms with Crippen molar-refractivity contribution in [2.45, 2.75) is 10.8 Å². The number of alkyl halides is 4. The number of hydrogen-bond donors (Lipinski definition) is 0. The maximum Gasteiger partial charge on any atom is 0.441 e. The molecule has 1 rings (SSSR count). The van der Waals surface area contributed by atoms with E-state index in [2.05, 4.69) is 31.9 Å². The minimum absolute atomic E-state index is 0.0242. The van der Waals surface area contributed by atoms with Crippen molar-refractivity contribution >= 4 is 43.6 Å². The van der Waals surface area contributed by atoms with E-state index in [0.717, 1.165) is 15.4 Å². The third-order valence-electron chi connectivity index (χ3n) is 1.76. The first-order valence-corrected chi connectivity index (χ1v) is 7.50. The molecule has 0 unspecified atom stereocenters. The van der Waals surface area contributed by atoms with Crippen LogP contribution in [0.4, 0.5) is 13.2 Å². The van der Waals surface area contributed by atoms with E-state index in [9.17, 15) is 13.2 Å². The van der Waals surface area contributed by atoms with Gasteiger partial charge in [0.2, 0.25) is 0 Å². The highest BCUT2D eigenvalue weighted by atomic mass is 79.9. The molecule has 1 aromatic carbocycles. The standard InChI is InChI=1S/C10H9Br2F3OS/c11-6-7-1-2-9(8(12)5-7)16-3-4-17-10(13,14)15/h1-2,5H,3-4,6H2. The van der Waals surface area contributed by atoms with Gasteiger partial charge in [0.05, 0.1) is 11.1 Å². The highest BCUT2D eigenvalue weighted by molar-refractivity contribution is 9.10. The smallest absolute Gasteiger partial charge is 0.441 e. The van der Waals surface area contributed by atoms with Crippen molar-refractivity contribution in [2.24, 2.45) is 0 Å². The SMILES string of the molecule is FC(F)(F)SCCOc1ccc(CBr)cc1Br. The summed E-state index contributed by atoms with van der Waals surface area (Å²) in [6, 6.07) is 5.45. The molecule has 0 bridgehead atoms. The molecule has 7 heteroatoms. The Bertz CT molecular complexity index is 371. The predicted octanol–water partition coefficient (Wildman–Crippen LogP) is 4.98. The Morgan fingerprint density at radius 2 is 2.00 bits per heavy atom. The third-order valence-corrected chi connectivity index (χ3v) is 3.72. The Morgan fingerprint density at radius 1 is 1.29 bits per heavy atom. The van der Waals surface area contributed by atoms with E-state index in [4.69, 9.17) is 4.74 Å². The molecule has 0 aliphatic heterocycles. The molecule has 1 nitrogen and oxygen atoms in total. The second-order valence-corrected chi connectivity index (χ2v) is 5.62. The second kappa shape index (κ2) is 6.89. The number of hydrogen-bond acceptors (Lipinski definition) is 2. The van der Waals surface area contributed by atoms with Gasteiger partial charge < -0.3 is 4.74 Å². The molecule has 0 aliphatic rings. The Hall–Kier alpha value is 0.120. The van der Waals surface area contributed by atoms with Crippen molar-refractivity contribution < 1.29 is 17.9 Å². The molecule has 96 valence electrons.